The Kier molecular flexibility index (Phi) is 5.58. The summed E-state index contributed by atoms with van der Waals surface area (Å²) in [6, 6.07) is 4.25. The summed E-state index contributed by atoms with van der Waals surface area (Å²) in [6.07, 6.45) is 1.28. The van der Waals surface area contributed by atoms with Crippen molar-refractivity contribution in [2.24, 2.45) is 7.05 Å². The van der Waals surface area contributed by atoms with Gasteiger partial charge in [0, 0.05) is 24.8 Å². The summed E-state index contributed by atoms with van der Waals surface area (Å²) in [5.41, 5.74) is 0.00955. The molecule has 1 aromatic carbocycles. The van der Waals surface area contributed by atoms with E-state index in [-0.39, 0.29) is 22.6 Å². The first kappa shape index (κ1) is 19.1. The Morgan fingerprint density at radius 3 is 2.44 bits per heavy atom. The maximum atomic E-state index is 13.7. The van der Waals surface area contributed by atoms with E-state index in [1.807, 2.05) is 0 Å². The van der Waals surface area contributed by atoms with Crippen LogP contribution in [0.4, 0.5) is 8.78 Å². The summed E-state index contributed by atoms with van der Waals surface area (Å²) in [5, 5.41) is 2.61. The summed E-state index contributed by atoms with van der Waals surface area (Å²) in [4.78, 5) is 12.3. The largest absolute Gasteiger partial charge is 0.348 e. The van der Waals surface area contributed by atoms with E-state index in [2.05, 4.69) is 10.0 Å². The average Bonchev–Trinajstić information content (AvgIpc) is 2.94. The molecule has 0 fully saturated rings. The standard InChI is InChI=1S/C16H19F2N3O3S/c1-10(7-12-13(17)5-4-6-14(12)18)20-16(22)15-8-11(9-21(15)3)25(23,24)19-2/h4-6,8-10,19H,7H2,1-3H3,(H,20,22). The minimum Gasteiger partial charge on any atom is -0.348 e. The Hall–Kier alpha value is -2.26. The number of carbonyl (C=O) groups excluding carboxylic acids is 1. The van der Waals surface area contributed by atoms with Crippen LogP contribution in [0.15, 0.2) is 35.4 Å². The first-order chi connectivity index (χ1) is 11.7. The summed E-state index contributed by atoms with van der Waals surface area (Å²) >= 11 is 0. The smallest absolute Gasteiger partial charge is 0.268 e. The SMILES string of the molecule is CNS(=O)(=O)c1cc(C(=O)NC(C)Cc2c(F)cccc2F)n(C)c1. The van der Waals surface area contributed by atoms with Crippen LogP contribution >= 0.6 is 0 Å². The zero-order valence-electron chi connectivity index (χ0n) is 14.0. The number of hydrogen-bond acceptors (Lipinski definition) is 3. The van der Waals surface area contributed by atoms with E-state index in [9.17, 15) is 22.0 Å². The Bertz CT molecular complexity index is 874. The van der Waals surface area contributed by atoms with Crippen molar-refractivity contribution in [2.45, 2.75) is 24.3 Å². The second-order valence-electron chi connectivity index (χ2n) is 5.66. The fourth-order valence-corrected chi connectivity index (χ4v) is 3.21. The van der Waals surface area contributed by atoms with Crippen LogP contribution in [0.1, 0.15) is 23.0 Å². The molecule has 25 heavy (non-hydrogen) atoms. The van der Waals surface area contributed by atoms with Crippen LogP contribution in [0.5, 0.6) is 0 Å². The maximum Gasteiger partial charge on any atom is 0.268 e. The lowest BCUT2D eigenvalue weighted by Crippen LogP contribution is -2.35. The molecule has 0 aliphatic rings. The number of rotatable bonds is 6. The van der Waals surface area contributed by atoms with Crippen LogP contribution < -0.4 is 10.0 Å². The number of nitrogens with one attached hydrogen (secondary N) is 2. The van der Waals surface area contributed by atoms with E-state index in [0.717, 1.165) is 12.1 Å². The molecule has 1 unspecified atom stereocenters. The van der Waals surface area contributed by atoms with Gasteiger partial charge in [0.2, 0.25) is 10.0 Å². The monoisotopic (exact) mass is 371 g/mol. The minimum absolute atomic E-state index is 0.0314. The van der Waals surface area contributed by atoms with Gasteiger partial charge in [-0.3, -0.25) is 4.79 Å². The van der Waals surface area contributed by atoms with Crippen LogP contribution in [0.3, 0.4) is 0 Å². The molecular formula is C16H19F2N3O3S. The van der Waals surface area contributed by atoms with E-state index in [1.54, 1.807) is 6.92 Å². The molecule has 1 heterocycles. The molecular weight excluding hydrogens is 352 g/mol. The van der Waals surface area contributed by atoms with Gasteiger partial charge in [0.1, 0.15) is 22.2 Å². The number of carbonyl (C=O) groups is 1. The number of sulfonamides is 1. The van der Waals surface area contributed by atoms with Crippen LogP contribution in [0.25, 0.3) is 0 Å². The van der Waals surface area contributed by atoms with Crippen LogP contribution in [-0.2, 0) is 23.5 Å². The summed E-state index contributed by atoms with van der Waals surface area (Å²) in [7, 11) is -0.868. The van der Waals surface area contributed by atoms with Crippen molar-refractivity contribution in [1.82, 2.24) is 14.6 Å². The zero-order valence-corrected chi connectivity index (χ0v) is 14.8. The Morgan fingerprint density at radius 2 is 1.88 bits per heavy atom. The fraction of sp³-hybridized carbons (Fsp3) is 0.312. The highest BCUT2D eigenvalue weighted by molar-refractivity contribution is 7.89. The molecule has 1 atom stereocenters. The predicted molar refractivity (Wildman–Crippen MR) is 88.6 cm³/mol. The number of hydrogen-bond donors (Lipinski definition) is 2. The number of aromatic nitrogens is 1. The first-order valence-corrected chi connectivity index (χ1v) is 8.97. The molecule has 0 radical (unpaired) electrons. The number of aryl methyl sites for hydroxylation is 1. The third kappa shape index (κ3) is 4.23. The first-order valence-electron chi connectivity index (χ1n) is 7.49. The molecule has 1 aromatic heterocycles. The molecule has 0 saturated carbocycles. The lowest BCUT2D eigenvalue weighted by Gasteiger charge is -2.15. The van der Waals surface area contributed by atoms with Crippen LogP contribution in [-0.4, -0.2) is 32.0 Å². The number of amides is 1. The van der Waals surface area contributed by atoms with Gasteiger partial charge in [-0.25, -0.2) is 21.9 Å². The van der Waals surface area contributed by atoms with Gasteiger partial charge in [-0.1, -0.05) is 6.07 Å². The Balaban J connectivity index is 2.15. The molecule has 1 amide bonds. The van der Waals surface area contributed by atoms with Gasteiger partial charge >= 0.3 is 0 Å². The lowest BCUT2D eigenvalue weighted by molar-refractivity contribution is 0.0931. The third-order valence-corrected chi connectivity index (χ3v) is 5.12. The molecule has 0 bridgehead atoms. The zero-order chi connectivity index (χ0) is 18.8. The van der Waals surface area contributed by atoms with E-state index in [1.165, 1.54) is 37.0 Å². The average molecular weight is 371 g/mol. The number of halogens is 2. The molecule has 0 aliphatic carbocycles. The van der Waals surface area contributed by atoms with Gasteiger partial charge in [0.05, 0.1) is 0 Å². The van der Waals surface area contributed by atoms with E-state index in [0.29, 0.717) is 0 Å². The number of nitrogens with zero attached hydrogens (tertiary/aromatic N) is 1. The quantitative estimate of drug-likeness (QED) is 0.809. The van der Waals surface area contributed by atoms with Crippen molar-refractivity contribution in [1.29, 1.82) is 0 Å². The van der Waals surface area contributed by atoms with Crippen molar-refractivity contribution in [3.8, 4) is 0 Å². The second-order valence-corrected chi connectivity index (χ2v) is 7.54. The maximum absolute atomic E-state index is 13.7. The van der Waals surface area contributed by atoms with Gasteiger partial charge in [-0.05, 0) is 38.6 Å². The highest BCUT2D eigenvalue weighted by atomic mass is 32.2. The molecule has 0 spiro atoms. The minimum atomic E-state index is -3.67. The fourth-order valence-electron chi connectivity index (χ4n) is 2.41. The highest BCUT2D eigenvalue weighted by Crippen LogP contribution is 2.16. The van der Waals surface area contributed by atoms with E-state index < -0.39 is 33.6 Å². The lowest BCUT2D eigenvalue weighted by atomic mass is 10.1. The van der Waals surface area contributed by atoms with Gasteiger partial charge in [-0.2, -0.15) is 0 Å². The van der Waals surface area contributed by atoms with Crippen molar-refractivity contribution in [3.63, 3.8) is 0 Å². The molecule has 6 nitrogen and oxygen atoms in total. The third-order valence-electron chi connectivity index (χ3n) is 3.74. The summed E-state index contributed by atoms with van der Waals surface area (Å²) < 4.78 is 54.5. The summed E-state index contributed by atoms with van der Waals surface area (Å²) in [6.45, 7) is 1.61. The van der Waals surface area contributed by atoms with Crippen molar-refractivity contribution < 1.29 is 22.0 Å². The molecule has 2 N–H and O–H groups in total. The Labute approximate surface area is 144 Å². The van der Waals surface area contributed by atoms with Crippen LogP contribution in [0.2, 0.25) is 0 Å². The number of benzene rings is 1. The molecule has 9 heteroatoms. The molecule has 2 rings (SSSR count). The second kappa shape index (κ2) is 7.32. The normalized spacial score (nSPS) is 12.8. The Morgan fingerprint density at radius 1 is 1.28 bits per heavy atom. The van der Waals surface area contributed by atoms with Gasteiger partial charge in [-0.15, -0.1) is 0 Å². The van der Waals surface area contributed by atoms with Gasteiger partial charge in [0.15, 0.2) is 0 Å². The van der Waals surface area contributed by atoms with Crippen LogP contribution in [0, 0.1) is 11.6 Å². The molecule has 0 saturated heterocycles. The summed E-state index contributed by atoms with van der Waals surface area (Å²) in [5.74, 6) is -1.89. The topological polar surface area (TPSA) is 80.2 Å². The highest BCUT2D eigenvalue weighted by Gasteiger charge is 2.21. The molecule has 2 aromatic rings. The van der Waals surface area contributed by atoms with Crippen molar-refractivity contribution in [3.05, 3.63) is 53.4 Å². The molecule has 0 aliphatic heterocycles. The van der Waals surface area contributed by atoms with Gasteiger partial charge in [0.25, 0.3) is 5.91 Å². The van der Waals surface area contributed by atoms with Crippen molar-refractivity contribution >= 4 is 15.9 Å². The van der Waals surface area contributed by atoms with E-state index >= 15 is 0 Å². The van der Waals surface area contributed by atoms with Crippen molar-refractivity contribution in [2.75, 3.05) is 7.05 Å². The molecule has 136 valence electrons. The van der Waals surface area contributed by atoms with E-state index in [4.69, 9.17) is 0 Å². The van der Waals surface area contributed by atoms with Gasteiger partial charge < -0.3 is 9.88 Å². The predicted octanol–water partition coefficient (Wildman–Crippen LogP) is 1.57.